The lowest BCUT2D eigenvalue weighted by molar-refractivity contribution is -0.145. The summed E-state index contributed by atoms with van der Waals surface area (Å²) in [6.07, 6.45) is 1.30. The summed E-state index contributed by atoms with van der Waals surface area (Å²) in [4.78, 5) is 17.7. The maximum absolute atomic E-state index is 12.5. The minimum atomic E-state index is -0.874. The van der Waals surface area contributed by atoms with E-state index in [-0.39, 0.29) is 29.6 Å². The Balaban J connectivity index is 1.91. The molecule has 0 amide bonds. The SMILES string of the molecule is COC(=O)CC1(N=C(c2ccccc2)c2ccccc2)C2C[C@H](CC2(C)C)[C@@H]1O. The molecule has 2 fully saturated rings. The molecule has 1 N–H and O–H groups in total. The highest BCUT2D eigenvalue weighted by molar-refractivity contribution is 6.13. The van der Waals surface area contributed by atoms with Gasteiger partial charge in [0.1, 0.15) is 5.54 Å². The van der Waals surface area contributed by atoms with Gasteiger partial charge in [-0.25, -0.2) is 0 Å². The number of hydrogen-bond donors (Lipinski definition) is 1. The molecule has 2 bridgehead atoms. The summed E-state index contributed by atoms with van der Waals surface area (Å²) in [6.45, 7) is 4.46. The van der Waals surface area contributed by atoms with Crippen molar-refractivity contribution >= 4 is 11.7 Å². The third kappa shape index (κ3) is 3.40. The standard InChI is InChI=1S/C25H29NO3/c1-24(2)15-19-14-20(24)25(23(19)28,16-21(27)29-3)26-22(17-10-6-4-7-11-17)18-12-8-5-9-13-18/h4-13,19-20,23,28H,14-16H2,1-3H3/t19-,20?,23+,25?/m1/s1. The first-order chi connectivity index (χ1) is 13.9. The Bertz CT molecular complexity index is 865. The number of benzene rings is 2. The highest BCUT2D eigenvalue weighted by Crippen LogP contribution is 2.62. The van der Waals surface area contributed by atoms with E-state index in [0.717, 1.165) is 29.7 Å². The van der Waals surface area contributed by atoms with E-state index in [9.17, 15) is 9.90 Å². The number of aliphatic imine (C=N–C) groups is 1. The fraction of sp³-hybridized carbons (Fsp3) is 0.440. The van der Waals surface area contributed by atoms with Crippen LogP contribution in [0.3, 0.4) is 0 Å². The Labute approximate surface area is 172 Å². The number of rotatable bonds is 5. The summed E-state index contributed by atoms with van der Waals surface area (Å²) in [5, 5.41) is 11.3. The van der Waals surface area contributed by atoms with Crippen molar-refractivity contribution in [3.63, 3.8) is 0 Å². The van der Waals surface area contributed by atoms with Gasteiger partial charge in [0.05, 0.1) is 25.3 Å². The molecule has 2 aromatic rings. The number of fused-ring (bicyclic) bond motifs is 2. The summed E-state index contributed by atoms with van der Waals surface area (Å²) in [5.41, 5.74) is 1.92. The van der Waals surface area contributed by atoms with Crippen LogP contribution in [-0.2, 0) is 9.53 Å². The number of esters is 1. The van der Waals surface area contributed by atoms with Gasteiger partial charge in [-0.2, -0.15) is 0 Å². The van der Waals surface area contributed by atoms with Crippen LogP contribution in [0.25, 0.3) is 0 Å². The smallest absolute Gasteiger partial charge is 0.308 e. The summed E-state index contributed by atoms with van der Waals surface area (Å²) >= 11 is 0. The maximum atomic E-state index is 12.5. The molecule has 0 saturated heterocycles. The predicted octanol–water partition coefficient (Wildman–Crippen LogP) is 4.25. The first kappa shape index (κ1) is 19.8. The number of hydrogen-bond acceptors (Lipinski definition) is 4. The molecule has 4 rings (SSSR count). The van der Waals surface area contributed by atoms with Crippen LogP contribution in [0.5, 0.6) is 0 Å². The zero-order valence-corrected chi connectivity index (χ0v) is 17.3. The number of carbonyl (C=O) groups excluding carboxylic acids is 1. The first-order valence-corrected chi connectivity index (χ1v) is 10.3. The van der Waals surface area contributed by atoms with Crippen LogP contribution in [0.4, 0.5) is 0 Å². The van der Waals surface area contributed by atoms with E-state index in [2.05, 4.69) is 13.8 Å². The normalized spacial score (nSPS) is 29.4. The molecule has 2 saturated carbocycles. The maximum Gasteiger partial charge on any atom is 0.308 e. The van der Waals surface area contributed by atoms with E-state index < -0.39 is 11.6 Å². The van der Waals surface area contributed by atoms with Gasteiger partial charge in [0.15, 0.2) is 0 Å². The Kier molecular flexibility index (Phi) is 5.07. The van der Waals surface area contributed by atoms with E-state index in [0.29, 0.717) is 0 Å². The van der Waals surface area contributed by atoms with Gasteiger partial charge in [-0.05, 0) is 30.1 Å². The highest BCUT2D eigenvalue weighted by atomic mass is 16.5. The van der Waals surface area contributed by atoms with Crippen molar-refractivity contribution in [2.45, 2.75) is 44.8 Å². The van der Waals surface area contributed by atoms with Gasteiger partial charge >= 0.3 is 5.97 Å². The summed E-state index contributed by atoms with van der Waals surface area (Å²) in [6, 6.07) is 20.0. The monoisotopic (exact) mass is 391 g/mol. The van der Waals surface area contributed by atoms with Gasteiger partial charge in [0.25, 0.3) is 0 Å². The molecule has 2 aliphatic rings. The topological polar surface area (TPSA) is 58.9 Å². The number of aliphatic hydroxyl groups excluding tert-OH is 1. The van der Waals surface area contributed by atoms with Crippen LogP contribution < -0.4 is 0 Å². The van der Waals surface area contributed by atoms with Crippen LogP contribution >= 0.6 is 0 Å². The lowest BCUT2D eigenvalue weighted by Gasteiger charge is -2.46. The average Bonchev–Trinajstić information content (AvgIpc) is 3.19. The van der Waals surface area contributed by atoms with Gasteiger partial charge in [0, 0.05) is 11.1 Å². The number of ether oxygens (including phenoxy) is 1. The van der Waals surface area contributed by atoms with Gasteiger partial charge < -0.3 is 9.84 Å². The van der Waals surface area contributed by atoms with Crippen LogP contribution in [-0.4, -0.2) is 35.5 Å². The van der Waals surface area contributed by atoms with Crippen molar-refractivity contribution in [1.82, 2.24) is 0 Å². The van der Waals surface area contributed by atoms with Crippen molar-refractivity contribution in [3.8, 4) is 0 Å². The molecule has 4 heteroatoms. The number of aliphatic hydroxyl groups is 1. The van der Waals surface area contributed by atoms with Crippen molar-refractivity contribution in [1.29, 1.82) is 0 Å². The fourth-order valence-electron chi connectivity index (χ4n) is 5.67. The summed E-state index contributed by atoms with van der Waals surface area (Å²) < 4.78 is 5.04. The molecule has 2 unspecified atom stereocenters. The summed E-state index contributed by atoms with van der Waals surface area (Å²) in [5.74, 6) is -0.0376. The molecule has 29 heavy (non-hydrogen) atoms. The minimum absolute atomic E-state index is 0.0138. The molecule has 2 aromatic carbocycles. The Hall–Kier alpha value is -2.46. The van der Waals surface area contributed by atoms with Crippen LogP contribution in [0.2, 0.25) is 0 Å². The molecular weight excluding hydrogens is 362 g/mol. The third-order valence-corrected chi connectivity index (χ3v) is 6.90. The third-order valence-electron chi connectivity index (χ3n) is 6.90. The van der Waals surface area contributed by atoms with Crippen molar-refractivity contribution in [2.24, 2.45) is 22.2 Å². The quantitative estimate of drug-likeness (QED) is 0.612. The molecule has 4 atom stereocenters. The van der Waals surface area contributed by atoms with Crippen molar-refractivity contribution in [3.05, 3.63) is 71.8 Å². The van der Waals surface area contributed by atoms with Gasteiger partial charge in [0.2, 0.25) is 0 Å². The van der Waals surface area contributed by atoms with E-state index in [1.54, 1.807) is 0 Å². The van der Waals surface area contributed by atoms with Crippen LogP contribution in [0, 0.1) is 17.3 Å². The lowest BCUT2D eigenvalue weighted by Crippen LogP contribution is -2.53. The molecule has 152 valence electrons. The molecule has 0 heterocycles. The van der Waals surface area contributed by atoms with Gasteiger partial charge in [-0.3, -0.25) is 9.79 Å². The Morgan fingerprint density at radius 2 is 1.62 bits per heavy atom. The minimum Gasteiger partial charge on any atom is -0.469 e. The second-order valence-corrected chi connectivity index (χ2v) is 9.12. The Morgan fingerprint density at radius 1 is 1.07 bits per heavy atom. The van der Waals surface area contributed by atoms with Gasteiger partial charge in [-0.15, -0.1) is 0 Å². The van der Waals surface area contributed by atoms with Crippen molar-refractivity contribution < 1.29 is 14.6 Å². The van der Waals surface area contributed by atoms with Crippen LogP contribution in [0.15, 0.2) is 65.7 Å². The van der Waals surface area contributed by atoms with E-state index in [4.69, 9.17) is 9.73 Å². The highest BCUT2D eigenvalue weighted by Gasteiger charge is 2.65. The predicted molar refractivity (Wildman–Crippen MR) is 114 cm³/mol. The van der Waals surface area contributed by atoms with Crippen LogP contribution in [0.1, 0.15) is 44.2 Å². The van der Waals surface area contributed by atoms with E-state index in [1.807, 2.05) is 60.7 Å². The van der Waals surface area contributed by atoms with E-state index in [1.165, 1.54) is 7.11 Å². The number of nitrogens with zero attached hydrogens (tertiary/aromatic N) is 1. The molecule has 0 aliphatic heterocycles. The first-order valence-electron chi connectivity index (χ1n) is 10.3. The second-order valence-electron chi connectivity index (χ2n) is 9.12. The fourth-order valence-corrected chi connectivity index (χ4v) is 5.67. The largest absolute Gasteiger partial charge is 0.469 e. The lowest BCUT2D eigenvalue weighted by atomic mass is 9.64. The second kappa shape index (κ2) is 7.42. The molecular formula is C25H29NO3. The number of methoxy groups -OCH3 is 1. The zero-order chi connectivity index (χ0) is 20.6. The Morgan fingerprint density at radius 3 is 2.10 bits per heavy atom. The number of carbonyl (C=O) groups is 1. The van der Waals surface area contributed by atoms with Crippen molar-refractivity contribution in [2.75, 3.05) is 7.11 Å². The summed E-state index contributed by atoms with van der Waals surface area (Å²) in [7, 11) is 1.40. The molecule has 0 spiro atoms. The molecule has 4 nitrogen and oxygen atoms in total. The molecule has 0 aromatic heterocycles. The zero-order valence-electron chi connectivity index (χ0n) is 17.3. The molecule has 0 radical (unpaired) electrons. The van der Waals surface area contributed by atoms with E-state index >= 15 is 0 Å². The molecule has 2 aliphatic carbocycles. The van der Waals surface area contributed by atoms with Gasteiger partial charge in [-0.1, -0.05) is 74.5 Å². The average molecular weight is 392 g/mol.